The maximum Gasteiger partial charge on any atom is 0.234 e. The average Bonchev–Trinajstić information content (AvgIpc) is 2.60. The molecular formula is C12H23N3O2. The van der Waals surface area contributed by atoms with Crippen LogP contribution in [0, 0.1) is 0 Å². The fourth-order valence-electron chi connectivity index (χ4n) is 2.43. The van der Waals surface area contributed by atoms with Crippen LogP contribution in [0.4, 0.5) is 0 Å². The molecule has 0 radical (unpaired) electrons. The molecule has 2 fully saturated rings. The van der Waals surface area contributed by atoms with Crippen molar-refractivity contribution in [2.24, 2.45) is 0 Å². The van der Waals surface area contributed by atoms with Crippen LogP contribution < -0.4 is 10.6 Å². The third-order valence-electron chi connectivity index (χ3n) is 3.89. The van der Waals surface area contributed by atoms with Gasteiger partial charge in [0.05, 0.1) is 18.2 Å². The summed E-state index contributed by atoms with van der Waals surface area (Å²) in [7, 11) is 0. The van der Waals surface area contributed by atoms with E-state index in [1.807, 2.05) is 6.92 Å². The van der Waals surface area contributed by atoms with Gasteiger partial charge in [0.1, 0.15) is 0 Å². The van der Waals surface area contributed by atoms with Gasteiger partial charge in [0.2, 0.25) is 5.91 Å². The average molecular weight is 241 g/mol. The van der Waals surface area contributed by atoms with Crippen LogP contribution in [-0.2, 0) is 9.53 Å². The number of hydrogen-bond acceptors (Lipinski definition) is 4. The molecule has 0 aromatic rings. The summed E-state index contributed by atoms with van der Waals surface area (Å²) < 4.78 is 5.52. The molecule has 0 saturated carbocycles. The fourth-order valence-corrected chi connectivity index (χ4v) is 2.43. The lowest BCUT2D eigenvalue weighted by Crippen LogP contribution is -2.55. The van der Waals surface area contributed by atoms with Gasteiger partial charge in [0.25, 0.3) is 0 Å². The summed E-state index contributed by atoms with van der Waals surface area (Å²) in [5, 5.41) is 6.41. The normalized spacial score (nSPS) is 34.8. The van der Waals surface area contributed by atoms with Crippen molar-refractivity contribution in [2.45, 2.75) is 31.9 Å². The Labute approximate surface area is 103 Å². The Morgan fingerprint density at radius 3 is 2.82 bits per heavy atom. The van der Waals surface area contributed by atoms with E-state index in [0.717, 1.165) is 39.2 Å². The van der Waals surface area contributed by atoms with Crippen LogP contribution in [0.2, 0.25) is 0 Å². The highest BCUT2D eigenvalue weighted by atomic mass is 16.5. The summed E-state index contributed by atoms with van der Waals surface area (Å²) in [5.74, 6) is 0.117. The number of carbonyl (C=O) groups is 1. The van der Waals surface area contributed by atoms with Crippen molar-refractivity contribution in [3.05, 3.63) is 0 Å². The lowest BCUT2D eigenvalue weighted by molar-refractivity contribution is -0.124. The molecule has 0 aromatic carbocycles. The molecule has 17 heavy (non-hydrogen) atoms. The molecule has 98 valence electrons. The molecule has 0 spiro atoms. The molecule has 5 nitrogen and oxygen atoms in total. The smallest absolute Gasteiger partial charge is 0.234 e. The highest BCUT2D eigenvalue weighted by molar-refractivity contribution is 5.79. The van der Waals surface area contributed by atoms with Gasteiger partial charge in [-0.2, -0.15) is 0 Å². The minimum absolute atomic E-state index is 0.106. The molecule has 2 N–H and O–H groups in total. The Morgan fingerprint density at radius 1 is 1.53 bits per heavy atom. The minimum atomic E-state index is -0.189. The molecule has 0 aromatic heterocycles. The van der Waals surface area contributed by atoms with Crippen LogP contribution in [0.1, 0.15) is 20.3 Å². The molecule has 5 heteroatoms. The van der Waals surface area contributed by atoms with E-state index in [1.165, 1.54) is 0 Å². The topological polar surface area (TPSA) is 53.6 Å². The van der Waals surface area contributed by atoms with Crippen molar-refractivity contribution in [3.8, 4) is 0 Å². The van der Waals surface area contributed by atoms with E-state index in [2.05, 4.69) is 22.5 Å². The van der Waals surface area contributed by atoms with Crippen LogP contribution in [0.5, 0.6) is 0 Å². The van der Waals surface area contributed by atoms with Crippen LogP contribution in [-0.4, -0.2) is 61.8 Å². The van der Waals surface area contributed by atoms with Crippen molar-refractivity contribution in [3.63, 3.8) is 0 Å². The molecule has 2 unspecified atom stereocenters. The molecule has 2 aliphatic rings. The molecule has 0 bridgehead atoms. The standard InChI is InChI=1S/C12H23N3O2/c1-10-12(2,3-8-17-10)14-11(16)9-15-6-4-13-5-7-15/h10,13H,3-9H2,1-2H3,(H,14,16). The van der Waals surface area contributed by atoms with Crippen molar-refractivity contribution in [1.82, 2.24) is 15.5 Å². The predicted octanol–water partition coefficient (Wildman–Crippen LogP) is -0.425. The van der Waals surface area contributed by atoms with Gasteiger partial charge in [-0.1, -0.05) is 0 Å². The zero-order chi connectivity index (χ0) is 12.3. The molecule has 2 heterocycles. The first-order valence-electron chi connectivity index (χ1n) is 6.46. The summed E-state index contributed by atoms with van der Waals surface area (Å²) in [6.45, 7) is 9.20. The van der Waals surface area contributed by atoms with E-state index >= 15 is 0 Å². The van der Waals surface area contributed by atoms with Gasteiger partial charge >= 0.3 is 0 Å². The predicted molar refractivity (Wildman–Crippen MR) is 65.9 cm³/mol. The van der Waals surface area contributed by atoms with E-state index in [9.17, 15) is 4.79 Å². The van der Waals surface area contributed by atoms with Gasteiger partial charge in [-0.15, -0.1) is 0 Å². The first-order valence-corrected chi connectivity index (χ1v) is 6.46. The van der Waals surface area contributed by atoms with Gasteiger partial charge in [-0.25, -0.2) is 0 Å². The van der Waals surface area contributed by atoms with E-state index in [1.54, 1.807) is 0 Å². The van der Waals surface area contributed by atoms with Crippen molar-refractivity contribution in [2.75, 3.05) is 39.3 Å². The summed E-state index contributed by atoms with van der Waals surface area (Å²) in [4.78, 5) is 14.2. The van der Waals surface area contributed by atoms with Gasteiger partial charge < -0.3 is 15.4 Å². The van der Waals surface area contributed by atoms with Crippen LogP contribution in [0.3, 0.4) is 0 Å². The number of ether oxygens (including phenoxy) is 1. The number of carbonyl (C=O) groups excluding carboxylic acids is 1. The second-order valence-electron chi connectivity index (χ2n) is 5.25. The zero-order valence-corrected chi connectivity index (χ0v) is 10.8. The Hall–Kier alpha value is -0.650. The third-order valence-corrected chi connectivity index (χ3v) is 3.89. The summed E-state index contributed by atoms with van der Waals surface area (Å²) in [6, 6.07) is 0. The van der Waals surface area contributed by atoms with Crippen LogP contribution in [0.15, 0.2) is 0 Å². The lowest BCUT2D eigenvalue weighted by Gasteiger charge is -2.31. The van der Waals surface area contributed by atoms with Crippen molar-refractivity contribution >= 4 is 5.91 Å². The number of piperazine rings is 1. The van der Waals surface area contributed by atoms with E-state index in [-0.39, 0.29) is 17.6 Å². The van der Waals surface area contributed by atoms with Crippen LogP contribution in [0.25, 0.3) is 0 Å². The van der Waals surface area contributed by atoms with Gasteiger partial charge in [0, 0.05) is 32.8 Å². The van der Waals surface area contributed by atoms with E-state index < -0.39 is 0 Å². The molecule has 2 saturated heterocycles. The summed E-state index contributed by atoms with van der Waals surface area (Å²) >= 11 is 0. The quantitative estimate of drug-likeness (QED) is 0.704. The summed E-state index contributed by atoms with van der Waals surface area (Å²) in [5.41, 5.74) is -0.189. The van der Waals surface area contributed by atoms with E-state index in [4.69, 9.17) is 4.74 Å². The lowest BCUT2D eigenvalue weighted by atomic mass is 9.94. The zero-order valence-electron chi connectivity index (χ0n) is 10.8. The van der Waals surface area contributed by atoms with Gasteiger partial charge in [-0.05, 0) is 20.3 Å². The molecule has 2 rings (SSSR count). The first-order chi connectivity index (χ1) is 8.10. The molecule has 2 atom stereocenters. The number of hydrogen-bond donors (Lipinski definition) is 2. The number of nitrogens with one attached hydrogen (secondary N) is 2. The number of nitrogens with zero attached hydrogens (tertiary/aromatic N) is 1. The molecular weight excluding hydrogens is 218 g/mol. The Morgan fingerprint density at radius 2 is 2.24 bits per heavy atom. The second-order valence-corrected chi connectivity index (χ2v) is 5.25. The highest BCUT2D eigenvalue weighted by Gasteiger charge is 2.38. The van der Waals surface area contributed by atoms with Gasteiger partial charge in [-0.3, -0.25) is 9.69 Å². The summed E-state index contributed by atoms with van der Waals surface area (Å²) in [6.07, 6.45) is 1.01. The Kier molecular flexibility index (Phi) is 4.01. The van der Waals surface area contributed by atoms with Gasteiger partial charge in [0.15, 0.2) is 0 Å². The fraction of sp³-hybridized carbons (Fsp3) is 0.917. The Balaban J connectivity index is 1.80. The number of amides is 1. The number of rotatable bonds is 3. The van der Waals surface area contributed by atoms with Crippen molar-refractivity contribution in [1.29, 1.82) is 0 Å². The maximum absolute atomic E-state index is 12.0. The van der Waals surface area contributed by atoms with E-state index in [0.29, 0.717) is 6.54 Å². The molecule has 1 amide bonds. The second kappa shape index (κ2) is 5.33. The SMILES string of the molecule is CC1OCCC1(C)NC(=O)CN1CCNCC1. The minimum Gasteiger partial charge on any atom is -0.376 e. The Bertz CT molecular complexity index is 279. The third kappa shape index (κ3) is 3.18. The monoisotopic (exact) mass is 241 g/mol. The van der Waals surface area contributed by atoms with Crippen LogP contribution >= 0.6 is 0 Å². The largest absolute Gasteiger partial charge is 0.376 e. The van der Waals surface area contributed by atoms with Crippen molar-refractivity contribution < 1.29 is 9.53 Å². The molecule has 0 aliphatic carbocycles. The molecule has 2 aliphatic heterocycles. The maximum atomic E-state index is 12.0. The highest BCUT2D eigenvalue weighted by Crippen LogP contribution is 2.24. The first kappa shape index (κ1) is 12.8.